The van der Waals surface area contributed by atoms with Crippen LogP contribution in [0.15, 0.2) is 30.3 Å². The molecule has 1 aromatic carbocycles. The van der Waals surface area contributed by atoms with E-state index in [1.807, 2.05) is 0 Å². The molecule has 0 saturated heterocycles. The Bertz CT molecular complexity index is 451. The van der Waals surface area contributed by atoms with E-state index in [0.717, 1.165) is 25.7 Å². The van der Waals surface area contributed by atoms with E-state index in [2.05, 4.69) is 6.92 Å². The average molecular weight is 300 g/mol. The van der Waals surface area contributed by atoms with Gasteiger partial charge in [0, 0.05) is 0 Å². The number of carbonyl (C=O) groups is 2. The fraction of sp³-hybridized carbons (Fsp3) is 0.529. The van der Waals surface area contributed by atoms with E-state index in [9.17, 15) is 19.8 Å². The summed E-state index contributed by atoms with van der Waals surface area (Å²) >= 11 is 0. The Hall–Kier alpha value is -1.24. The van der Waals surface area contributed by atoms with Crippen molar-refractivity contribution >= 4 is 11.9 Å². The third-order valence-electron chi connectivity index (χ3n) is 3.90. The maximum Gasteiger partial charge on any atom is 1.00 e. The molecule has 0 aliphatic carbocycles. The van der Waals surface area contributed by atoms with Crippen molar-refractivity contribution in [2.24, 2.45) is 0 Å². The number of benzene rings is 1. The van der Waals surface area contributed by atoms with Gasteiger partial charge in [0.2, 0.25) is 0 Å². The second kappa shape index (κ2) is 10.5. The van der Waals surface area contributed by atoms with Crippen LogP contribution in [0, 0.1) is 0 Å². The van der Waals surface area contributed by atoms with Crippen molar-refractivity contribution in [3.63, 3.8) is 0 Å². The summed E-state index contributed by atoms with van der Waals surface area (Å²) in [5, 5.41) is 19.0. The predicted octanol–water partition coefficient (Wildman–Crippen LogP) is 0.961. The molecule has 0 saturated carbocycles. The fourth-order valence-corrected chi connectivity index (χ4v) is 2.59. The van der Waals surface area contributed by atoms with Crippen molar-refractivity contribution in [1.82, 2.24) is 0 Å². The van der Waals surface area contributed by atoms with Gasteiger partial charge in [0.15, 0.2) is 5.41 Å². The standard InChI is InChI=1S/C17H24O4.Li.H/c1-2-3-4-5-6-10-13-17(15(18)19,16(20)21)14-11-8-7-9-12-14;;/h7-9,11-12H,2-6,10,13H2,1H3,(H,18,19)(H,20,21);;/q;+1;-1. The molecule has 2 N–H and O–H groups in total. The van der Waals surface area contributed by atoms with E-state index in [0.29, 0.717) is 12.0 Å². The van der Waals surface area contributed by atoms with Crippen LogP contribution in [0.5, 0.6) is 0 Å². The van der Waals surface area contributed by atoms with Crippen LogP contribution in [0.4, 0.5) is 0 Å². The van der Waals surface area contributed by atoms with Gasteiger partial charge in [-0.25, -0.2) is 0 Å². The number of carboxylic acids is 2. The fourth-order valence-electron chi connectivity index (χ4n) is 2.59. The minimum Gasteiger partial charge on any atom is -1.00 e. The Morgan fingerprint density at radius 3 is 1.95 bits per heavy atom. The molecule has 0 bridgehead atoms. The minimum absolute atomic E-state index is 0. The molecule has 0 unspecified atom stereocenters. The van der Waals surface area contributed by atoms with E-state index in [1.54, 1.807) is 30.3 Å². The smallest absolute Gasteiger partial charge is 1.00 e. The number of aliphatic carboxylic acids is 2. The Morgan fingerprint density at radius 2 is 1.45 bits per heavy atom. The zero-order valence-corrected chi connectivity index (χ0v) is 13.5. The summed E-state index contributed by atoms with van der Waals surface area (Å²) in [7, 11) is 0. The van der Waals surface area contributed by atoms with Crippen molar-refractivity contribution in [3.8, 4) is 0 Å². The first-order valence-electron chi connectivity index (χ1n) is 7.58. The molecule has 0 atom stereocenters. The van der Waals surface area contributed by atoms with Gasteiger partial charge in [-0.1, -0.05) is 75.8 Å². The molecule has 0 aromatic heterocycles. The zero-order valence-electron chi connectivity index (χ0n) is 14.5. The van der Waals surface area contributed by atoms with Gasteiger partial charge in [-0.3, -0.25) is 9.59 Å². The van der Waals surface area contributed by atoms with E-state index >= 15 is 0 Å². The summed E-state index contributed by atoms with van der Waals surface area (Å²) in [5.41, 5.74) is -1.48. The van der Waals surface area contributed by atoms with Crippen LogP contribution < -0.4 is 18.9 Å². The van der Waals surface area contributed by atoms with Crippen molar-refractivity contribution in [3.05, 3.63) is 35.9 Å². The Balaban J connectivity index is 0. The SMILES string of the molecule is CCCCCCCCC(C(=O)O)(C(=O)O)c1ccccc1.[H-].[Li+]. The summed E-state index contributed by atoms with van der Waals surface area (Å²) in [5.74, 6) is -2.57. The van der Waals surface area contributed by atoms with Gasteiger partial charge in [0.1, 0.15) is 0 Å². The average Bonchev–Trinajstić information content (AvgIpc) is 2.47. The molecule has 0 fully saturated rings. The van der Waals surface area contributed by atoms with E-state index in [-0.39, 0.29) is 26.7 Å². The van der Waals surface area contributed by atoms with Gasteiger partial charge in [-0.15, -0.1) is 0 Å². The molecular formula is C17H25LiO4. The molecule has 5 heteroatoms. The molecule has 0 radical (unpaired) electrons. The molecule has 0 amide bonds. The van der Waals surface area contributed by atoms with Crippen molar-refractivity contribution in [1.29, 1.82) is 0 Å². The number of unbranched alkanes of at least 4 members (excludes halogenated alkanes) is 5. The molecular weight excluding hydrogens is 275 g/mol. The van der Waals surface area contributed by atoms with E-state index in [4.69, 9.17) is 0 Å². The van der Waals surface area contributed by atoms with Crippen LogP contribution in [-0.2, 0) is 15.0 Å². The minimum atomic E-state index is -1.83. The van der Waals surface area contributed by atoms with Gasteiger partial charge < -0.3 is 11.6 Å². The summed E-state index contributed by atoms with van der Waals surface area (Å²) in [6.45, 7) is 2.13. The Kier molecular flexibility index (Phi) is 9.89. The van der Waals surface area contributed by atoms with Crippen molar-refractivity contribution in [2.45, 2.75) is 57.3 Å². The van der Waals surface area contributed by atoms with Crippen molar-refractivity contribution in [2.75, 3.05) is 0 Å². The third kappa shape index (κ3) is 5.19. The molecule has 22 heavy (non-hydrogen) atoms. The molecule has 0 aliphatic rings. The van der Waals surface area contributed by atoms with Crippen LogP contribution in [0.3, 0.4) is 0 Å². The summed E-state index contributed by atoms with van der Waals surface area (Å²) < 4.78 is 0. The summed E-state index contributed by atoms with van der Waals surface area (Å²) in [4.78, 5) is 23.3. The van der Waals surface area contributed by atoms with Gasteiger partial charge in [-0.2, -0.15) is 0 Å². The van der Waals surface area contributed by atoms with Crippen LogP contribution in [0.25, 0.3) is 0 Å². The molecule has 0 spiro atoms. The van der Waals surface area contributed by atoms with Gasteiger partial charge in [-0.05, 0) is 12.0 Å². The monoisotopic (exact) mass is 300 g/mol. The van der Waals surface area contributed by atoms with Crippen molar-refractivity contribution < 1.29 is 40.1 Å². The first kappa shape index (κ1) is 20.8. The third-order valence-corrected chi connectivity index (χ3v) is 3.90. The first-order chi connectivity index (χ1) is 10.1. The van der Waals surface area contributed by atoms with Crippen LogP contribution in [0.2, 0.25) is 0 Å². The van der Waals surface area contributed by atoms with Crippen LogP contribution in [-0.4, -0.2) is 22.2 Å². The second-order valence-corrected chi connectivity index (χ2v) is 5.40. The van der Waals surface area contributed by atoms with Gasteiger partial charge in [0.25, 0.3) is 0 Å². The normalized spacial score (nSPS) is 10.8. The predicted molar refractivity (Wildman–Crippen MR) is 82.5 cm³/mol. The maximum absolute atomic E-state index is 11.6. The molecule has 118 valence electrons. The zero-order chi connectivity index (χ0) is 15.7. The van der Waals surface area contributed by atoms with Crippen LogP contribution in [0.1, 0.15) is 58.9 Å². The Labute approximate surface area is 145 Å². The van der Waals surface area contributed by atoms with Gasteiger partial charge >= 0.3 is 30.8 Å². The number of hydrogen-bond acceptors (Lipinski definition) is 2. The second-order valence-electron chi connectivity index (χ2n) is 5.40. The molecule has 0 heterocycles. The summed E-state index contributed by atoms with van der Waals surface area (Å²) in [6.07, 6.45) is 6.08. The Morgan fingerprint density at radius 1 is 0.955 bits per heavy atom. The van der Waals surface area contributed by atoms with Crippen LogP contribution >= 0.6 is 0 Å². The number of hydrogen-bond donors (Lipinski definition) is 2. The topological polar surface area (TPSA) is 74.6 Å². The maximum atomic E-state index is 11.6. The van der Waals surface area contributed by atoms with Gasteiger partial charge in [0.05, 0.1) is 0 Å². The molecule has 1 aromatic rings. The first-order valence-corrected chi connectivity index (χ1v) is 7.58. The quantitative estimate of drug-likeness (QED) is 0.383. The molecule has 1 rings (SSSR count). The van der Waals surface area contributed by atoms with E-state index < -0.39 is 17.4 Å². The number of carboxylic acid groups (broad SMARTS) is 2. The number of rotatable bonds is 10. The van der Waals surface area contributed by atoms with E-state index in [1.165, 1.54) is 6.42 Å². The molecule has 0 aliphatic heterocycles. The largest absolute Gasteiger partial charge is 1.00 e. The molecule has 4 nitrogen and oxygen atoms in total. The summed E-state index contributed by atoms with van der Waals surface area (Å²) in [6, 6.07) is 8.27.